The topological polar surface area (TPSA) is 126 Å². The van der Waals surface area contributed by atoms with Crippen molar-refractivity contribution in [3.05, 3.63) is 23.8 Å². The van der Waals surface area contributed by atoms with Crippen LogP contribution in [0, 0.1) is 0 Å². The zero-order valence-corrected chi connectivity index (χ0v) is 15.7. The monoisotopic (exact) mass is 390 g/mol. The Balaban J connectivity index is 1.70. The van der Waals surface area contributed by atoms with Crippen molar-refractivity contribution < 1.29 is 28.7 Å². The summed E-state index contributed by atoms with van der Waals surface area (Å²) >= 11 is 0. The Hall–Kier alpha value is -3.30. The number of rotatable bonds is 6. The van der Waals surface area contributed by atoms with Gasteiger partial charge in [-0.25, -0.2) is 4.79 Å². The largest absolute Gasteiger partial charge is 0.486 e. The Bertz CT molecular complexity index is 826. The molecule has 3 N–H and O–H groups in total. The number of likely N-dealkylation sites (N-methyl/N-ethyl adjacent to an activating group) is 1. The Kier molecular flexibility index (Phi) is 5.39. The number of hydrogen-bond donors (Lipinski definition) is 3. The first-order valence-corrected chi connectivity index (χ1v) is 8.92. The zero-order chi connectivity index (χ0) is 20.3. The van der Waals surface area contributed by atoms with E-state index < -0.39 is 29.9 Å². The molecule has 3 rings (SSSR count). The van der Waals surface area contributed by atoms with Gasteiger partial charge in [0.1, 0.15) is 25.3 Å². The molecule has 2 aliphatic rings. The fourth-order valence-corrected chi connectivity index (χ4v) is 3.03. The molecule has 2 heterocycles. The number of nitrogens with one attached hydrogen (secondary N) is 3. The Morgan fingerprint density at radius 2 is 1.86 bits per heavy atom. The third-order valence-corrected chi connectivity index (χ3v) is 4.52. The highest BCUT2D eigenvalue weighted by atomic mass is 16.6. The van der Waals surface area contributed by atoms with Gasteiger partial charge in [0.05, 0.1) is 6.54 Å². The van der Waals surface area contributed by atoms with Crippen molar-refractivity contribution in [3.63, 3.8) is 0 Å². The fourth-order valence-electron chi connectivity index (χ4n) is 3.03. The maximum atomic E-state index is 12.9. The third-order valence-electron chi connectivity index (χ3n) is 4.52. The van der Waals surface area contributed by atoms with E-state index in [-0.39, 0.29) is 12.5 Å². The van der Waals surface area contributed by atoms with E-state index in [1.807, 2.05) is 0 Å². The molecule has 1 aromatic rings. The quantitative estimate of drug-likeness (QED) is 0.561. The number of imide groups is 1. The maximum Gasteiger partial charge on any atom is 0.325 e. The van der Waals surface area contributed by atoms with E-state index in [0.717, 1.165) is 4.90 Å². The van der Waals surface area contributed by atoms with E-state index in [0.29, 0.717) is 36.8 Å². The molecule has 28 heavy (non-hydrogen) atoms. The van der Waals surface area contributed by atoms with Crippen LogP contribution in [0.5, 0.6) is 11.5 Å². The normalized spacial score (nSPS) is 20.6. The van der Waals surface area contributed by atoms with Crippen LogP contribution in [0.3, 0.4) is 0 Å². The number of fused-ring (bicyclic) bond motifs is 1. The number of benzene rings is 1. The lowest BCUT2D eigenvalue weighted by Gasteiger charge is -2.25. The first-order valence-electron chi connectivity index (χ1n) is 8.92. The van der Waals surface area contributed by atoms with Crippen LogP contribution in [0.15, 0.2) is 18.2 Å². The second kappa shape index (κ2) is 7.75. The molecule has 0 saturated carbocycles. The van der Waals surface area contributed by atoms with Gasteiger partial charge in [0, 0.05) is 6.54 Å². The summed E-state index contributed by atoms with van der Waals surface area (Å²) in [5.74, 6) is -0.472. The first kappa shape index (κ1) is 19.5. The fraction of sp³-hybridized carbons (Fsp3) is 0.444. The molecular formula is C18H22N4O6. The molecule has 1 aromatic carbocycles. The predicted octanol–water partition coefficient (Wildman–Crippen LogP) is -0.523. The highest BCUT2D eigenvalue weighted by Gasteiger charge is 2.49. The molecule has 0 radical (unpaired) electrons. The summed E-state index contributed by atoms with van der Waals surface area (Å²) in [6, 6.07) is 4.31. The first-order chi connectivity index (χ1) is 13.3. The van der Waals surface area contributed by atoms with Gasteiger partial charge in [-0.1, -0.05) is 6.07 Å². The van der Waals surface area contributed by atoms with Gasteiger partial charge in [0.25, 0.3) is 5.91 Å². The van der Waals surface area contributed by atoms with E-state index in [9.17, 15) is 19.2 Å². The molecule has 0 aliphatic carbocycles. The van der Waals surface area contributed by atoms with Crippen molar-refractivity contribution in [2.75, 3.05) is 32.8 Å². The van der Waals surface area contributed by atoms with Crippen molar-refractivity contribution in [2.24, 2.45) is 0 Å². The molecule has 1 atom stereocenters. The zero-order valence-electron chi connectivity index (χ0n) is 15.7. The molecule has 10 heteroatoms. The lowest BCUT2D eigenvalue weighted by Crippen LogP contribution is -2.45. The van der Waals surface area contributed by atoms with Gasteiger partial charge >= 0.3 is 6.03 Å². The summed E-state index contributed by atoms with van der Waals surface area (Å²) in [4.78, 5) is 49.5. The average molecular weight is 390 g/mol. The standard InChI is InChI=1S/C18H22N4O6/c1-3-19-14(23)9-20-15(24)10-22-16(25)18(2,21-17(22)26)11-4-5-12-13(8-11)28-7-6-27-12/h4-5,8H,3,6-7,9-10H2,1-2H3,(H,19,23)(H,20,24)(H,21,26)/t18-/m1/s1. The lowest BCUT2D eigenvalue weighted by atomic mass is 9.91. The average Bonchev–Trinajstić information content (AvgIpc) is 2.90. The van der Waals surface area contributed by atoms with Crippen LogP contribution in [0.25, 0.3) is 0 Å². The van der Waals surface area contributed by atoms with Gasteiger partial charge in [-0.05, 0) is 31.5 Å². The van der Waals surface area contributed by atoms with Crippen molar-refractivity contribution in [1.82, 2.24) is 20.9 Å². The smallest absolute Gasteiger partial charge is 0.325 e. The Morgan fingerprint density at radius 3 is 2.57 bits per heavy atom. The molecule has 150 valence electrons. The van der Waals surface area contributed by atoms with Gasteiger partial charge < -0.3 is 25.4 Å². The number of nitrogens with zero attached hydrogens (tertiary/aromatic N) is 1. The molecular weight excluding hydrogens is 368 g/mol. The number of ether oxygens (including phenoxy) is 2. The highest BCUT2D eigenvalue weighted by Crippen LogP contribution is 2.36. The van der Waals surface area contributed by atoms with Gasteiger partial charge in [0.2, 0.25) is 11.8 Å². The summed E-state index contributed by atoms with van der Waals surface area (Å²) in [6.07, 6.45) is 0. The Morgan fingerprint density at radius 1 is 1.14 bits per heavy atom. The predicted molar refractivity (Wildman–Crippen MR) is 96.7 cm³/mol. The minimum absolute atomic E-state index is 0.226. The molecule has 5 amide bonds. The van der Waals surface area contributed by atoms with Crippen LogP contribution in [0.2, 0.25) is 0 Å². The van der Waals surface area contributed by atoms with Crippen LogP contribution in [0.1, 0.15) is 19.4 Å². The summed E-state index contributed by atoms with van der Waals surface area (Å²) in [6.45, 7) is 3.89. The Labute approximate surface area is 161 Å². The summed E-state index contributed by atoms with van der Waals surface area (Å²) < 4.78 is 11.0. The van der Waals surface area contributed by atoms with Gasteiger partial charge in [0.15, 0.2) is 11.5 Å². The van der Waals surface area contributed by atoms with E-state index in [1.54, 1.807) is 32.0 Å². The minimum atomic E-state index is -1.34. The SMILES string of the molecule is CCNC(=O)CNC(=O)CN1C(=O)N[C@](C)(c2ccc3c(c2)OCCO3)C1=O. The highest BCUT2D eigenvalue weighted by molar-refractivity contribution is 6.09. The molecule has 0 spiro atoms. The molecule has 2 aliphatic heterocycles. The molecule has 1 fully saturated rings. The summed E-state index contributed by atoms with van der Waals surface area (Å²) in [5, 5.41) is 7.54. The van der Waals surface area contributed by atoms with Gasteiger partial charge in [-0.3, -0.25) is 19.3 Å². The van der Waals surface area contributed by atoms with E-state index >= 15 is 0 Å². The second-order valence-electron chi connectivity index (χ2n) is 6.54. The van der Waals surface area contributed by atoms with Crippen molar-refractivity contribution in [3.8, 4) is 11.5 Å². The second-order valence-corrected chi connectivity index (χ2v) is 6.54. The van der Waals surface area contributed by atoms with E-state index in [2.05, 4.69) is 16.0 Å². The summed E-state index contributed by atoms with van der Waals surface area (Å²) in [7, 11) is 0. The lowest BCUT2D eigenvalue weighted by molar-refractivity contribution is -0.135. The van der Waals surface area contributed by atoms with Gasteiger partial charge in [-0.2, -0.15) is 0 Å². The molecule has 0 aromatic heterocycles. The van der Waals surface area contributed by atoms with Crippen LogP contribution < -0.4 is 25.4 Å². The molecule has 0 bridgehead atoms. The van der Waals surface area contributed by atoms with E-state index in [1.165, 1.54) is 0 Å². The number of urea groups is 1. The van der Waals surface area contributed by atoms with Crippen LogP contribution in [-0.2, 0) is 19.9 Å². The van der Waals surface area contributed by atoms with Crippen molar-refractivity contribution in [2.45, 2.75) is 19.4 Å². The minimum Gasteiger partial charge on any atom is -0.486 e. The number of hydrogen-bond acceptors (Lipinski definition) is 6. The summed E-state index contributed by atoms with van der Waals surface area (Å²) in [5.41, 5.74) is -0.826. The number of amides is 5. The maximum absolute atomic E-state index is 12.9. The molecule has 10 nitrogen and oxygen atoms in total. The van der Waals surface area contributed by atoms with Crippen LogP contribution in [0.4, 0.5) is 4.79 Å². The third kappa shape index (κ3) is 3.71. The van der Waals surface area contributed by atoms with Crippen LogP contribution in [-0.4, -0.2) is 61.5 Å². The number of carbonyl (C=O) groups is 4. The van der Waals surface area contributed by atoms with Crippen molar-refractivity contribution >= 4 is 23.8 Å². The van der Waals surface area contributed by atoms with Crippen molar-refractivity contribution in [1.29, 1.82) is 0 Å². The van der Waals surface area contributed by atoms with E-state index in [4.69, 9.17) is 9.47 Å². The molecule has 1 saturated heterocycles. The number of carbonyl (C=O) groups excluding carboxylic acids is 4. The van der Waals surface area contributed by atoms with Crippen LogP contribution >= 0.6 is 0 Å². The van der Waals surface area contributed by atoms with Gasteiger partial charge in [-0.15, -0.1) is 0 Å². The molecule has 0 unspecified atom stereocenters.